The van der Waals surface area contributed by atoms with Crippen molar-refractivity contribution in [2.75, 3.05) is 18.0 Å². The third-order valence-corrected chi connectivity index (χ3v) is 5.16. The molecule has 1 fully saturated rings. The third kappa shape index (κ3) is 2.21. The summed E-state index contributed by atoms with van der Waals surface area (Å²) < 4.78 is 0. The van der Waals surface area contributed by atoms with Gasteiger partial charge in [0.15, 0.2) is 0 Å². The summed E-state index contributed by atoms with van der Waals surface area (Å²) in [5.41, 5.74) is 5.82. The number of hydrogen-bond acceptors (Lipinski definition) is 5. The molecule has 2 unspecified atom stereocenters. The number of aromatic nitrogens is 2. The number of rotatable bonds is 3. The average molecular weight is 276 g/mol. The highest BCUT2D eigenvalue weighted by Crippen LogP contribution is 2.34. The summed E-state index contributed by atoms with van der Waals surface area (Å²) in [6.45, 7) is 6.22. The summed E-state index contributed by atoms with van der Waals surface area (Å²) in [5.74, 6) is 1.67. The summed E-state index contributed by atoms with van der Waals surface area (Å²) in [4.78, 5) is 13.8. The first kappa shape index (κ1) is 12.8. The minimum atomic E-state index is 0.511. The maximum atomic E-state index is 5.82. The zero-order valence-corrected chi connectivity index (χ0v) is 12.3. The third-order valence-electron chi connectivity index (χ3n) is 3.97. The van der Waals surface area contributed by atoms with Gasteiger partial charge in [-0.3, -0.25) is 0 Å². The zero-order valence-electron chi connectivity index (χ0n) is 11.5. The Morgan fingerprint density at radius 3 is 3.00 bits per heavy atom. The molecule has 1 saturated heterocycles. The Hall–Kier alpha value is -1.20. The Balaban J connectivity index is 2.02. The first-order chi connectivity index (χ1) is 9.22. The zero-order chi connectivity index (χ0) is 13.4. The van der Waals surface area contributed by atoms with Crippen LogP contribution in [-0.4, -0.2) is 29.1 Å². The molecule has 2 N–H and O–H groups in total. The predicted molar refractivity (Wildman–Crippen MR) is 80.8 cm³/mol. The lowest BCUT2D eigenvalue weighted by atomic mass is 10.1. The quantitative estimate of drug-likeness (QED) is 0.935. The normalized spacial score (nSPS) is 23.4. The number of aryl methyl sites for hydroxylation is 1. The second-order valence-corrected chi connectivity index (χ2v) is 6.44. The SMILES string of the molecule is CCc1cc2c(N3CC(CN)CC3C)ncnc2s1. The van der Waals surface area contributed by atoms with Crippen LogP contribution < -0.4 is 10.6 Å². The van der Waals surface area contributed by atoms with Crippen LogP contribution in [0.5, 0.6) is 0 Å². The molecule has 5 heteroatoms. The van der Waals surface area contributed by atoms with E-state index in [1.54, 1.807) is 17.7 Å². The van der Waals surface area contributed by atoms with Gasteiger partial charge in [0.25, 0.3) is 0 Å². The fraction of sp³-hybridized carbons (Fsp3) is 0.571. The van der Waals surface area contributed by atoms with Gasteiger partial charge in [0, 0.05) is 17.5 Å². The van der Waals surface area contributed by atoms with Crippen LogP contribution in [-0.2, 0) is 6.42 Å². The Morgan fingerprint density at radius 2 is 2.32 bits per heavy atom. The van der Waals surface area contributed by atoms with Gasteiger partial charge in [-0.05, 0) is 38.3 Å². The fourth-order valence-corrected chi connectivity index (χ4v) is 3.83. The van der Waals surface area contributed by atoms with Gasteiger partial charge < -0.3 is 10.6 Å². The van der Waals surface area contributed by atoms with E-state index >= 15 is 0 Å². The van der Waals surface area contributed by atoms with Gasteiger partial charge in [0.2, 0.25) is 0 Å². The monoisotopic (exact) mass is 276 g/mol. The van der Waals surface area contributed by atoms with Gasteiger partial charge in [-0.1, -0.05) is 6.92 Å². The van der Waals surface area contributed by atoms with Crippen molar-refractivity contribution < 1.29 is 0 Å². The fourth-order valence-electron chi connectivity index (χ4n) is 2.90. The lowest BCUT2D eigenvalue weighted by Crippen LogP contribution is -2.28. The van der Waals surface area contributed by atoms with E-state index in [4.69, 9.17) is 5.73 Å². The molecule has 1 aliphatic rings. The van der Waals surface area contributed by atoms with Crippen LogP contribution in [0.1, 0.15) is 25.1 Å². The van der Waals surface area contributed by atoms with Crippen LogP contribution in [0.3, 0.4) is 0 Å². The molecule has 4 nitrogen and oxygen atoms in total. The van der Waals surface area contributed by atoms with Gasteiger partial charge in [-0.15, -0.1) is 11.3 Å². The van der Waals surface area contributed by atoms with Crippen molar-refractivity contribution in [3.8, 4) is 0 Å². The van der Waals surface area contributed by atoms with Crippen molar-refractivity contribution in [1.29, 1.82) is 0 Å². The molecule has 102 valence electrons. The molecule has 1 aliphatic heterocycles. The van der Waals surface area contributed by atoms with Gasteiger partial charge in [0.1, 0.15) is 17.0 Å². The van der Waals surface area contributed by atoms with Crippen molar-refractivity contribution in [2.45, 2.75) is 32.7 Å². The van der Waals surface area contributed by atoms with E-state index in [-0.39, 0.29) is 0 Å². The topological polar surface area (TPSA) is 55.0 Å². The minimum Gasteiger partial charge on any atom is -0.353 e. The molecule has 0 saturated carbocycles. The molecular formula is C14H20N4S. The first-order valence-electron chi connectivity index (χ1n) is 6.93. The molecule has 0 radical (unpaired) electrons. The molecule has 2 aromatic rings. The Labute approximate surface area is 117 Å². The lowest BCUT2D eigenvalue weighted by molar-refractivity contribution is 0.579. The Kier molecular flexibility index (Phi) is 3.41. The Morgan fingerprint density at radius 1 is 1.47 bits per heavy atom. The van der Waals surface area contributed by atoms with E-state index in [2.05, 4.69) is 34.8 Å². The molecular weight excluding hydrogens is 256 g/mol. The summed E-state index contributed by atoms with van der Waals surface area (Å²) in [6.07, 6.45) is 3.91. The molecule has 2 aromatic heterocycles. The van der Waals surface area contributed by atoms with E-state index in [0.717, 1.165) is 36.6 Å². The Bertz CT molecular complexity index is 580. The van der Waals surface area contributed by atoms with Gasteiger partial charge in [-0.2, -0.15) is 0 Å². The number of fused-ring (bicyclic) bond motifs is 1. The summed E-state index contributed by atoms with van der Waals surface area (Å²) in [7, 11) is 0. The van der Waals surface area contributed by atoms with Crippen LogP contribution in [0.4, 0.5) is 5.82 Å². The number of hydrogen-bond donors (Lipinski definition) is 1. The number of thiophene rings is 1. The van der Waals surface area contributed by atoms with Crippen molar-refractivity contribution in [3.63, 3.8) is 0 Å². The van der Waals surface area contributed by atoms with Crippen molar-refractivity contribution in [3.05, 3.63) is 17.3 Å². The molecule has 0 aromatic carbocycles. The van der Waals surface area contributed by atoms with Crippen LogP contribution >= 0.6 is 11.3 Å². The second-order valence-electron chi connectivity index (χ2n) is 5.32. The van der Waals surface area contributed by atoms with E-state index in [0.29, 0.717) is 12.0 Å². The molecule has 0 amide bonds. The van der Waals surface area contributed by atoms with E-state index in [1.807, 2.05) is 0 Å². The smallest absolute Gasteiger partial charge is 0.141 e. The highest BCUT2D eigenvalue weighted by molar-refractivity contribution is 7.18. The van der Waals surface area contributed by atoms with Crippen molar-refractivity contribution >= 4 is 27.4 Å². The van der Waals surface area contributed by atoms with Gasteiger partial charge in [-0.25, -0.2) is 9.97 Å². The highest BCUT2D eigenvalue weighted by Gasteiger charge is 2.30. The van der Waals surface area contributed by atoms with E-state index < -0.39 is 0 Å². The molecule has 0 bridgehead atoms. The molecule has 0 aliphatic carbocycles. The predicted octanol–water partition coefficient (Wildman–Crippen LogP) is 2.43. The van der Waals surface area contributed by atoms with Crippen molar-refractivity contribution in [1.82, 2.24) is 9.97 Å². The lowest BCUT2D eigenvalue weighted by Gasteiger charge is -2.23. The number of nitrogens with two attached hydrogens (primary N) is 1. The van der Waals surface area contributed by atoms with E-state index in [9.17, 15) is 0 Å². The van der Waals surface area contributed by atoms with Crippen LogP contribution in [0.25, 0.3) is 10.2 Å². The molecule has 3 rings (SSSR count). The summed E-state index contributed by atoms with van der Waals surface area (Å²) >= 11 is 1.78. The van der Waals surface area contributed by atoms with Crippen LogP contribution in [0.2, 0.25) is 0 Å². The maximum absolute atomic E-state index is 5.82. The number of nitrogens with zero attached hydrogens (tertiary/aromatic N) is 3. The average Bonchev–Trinajstić information content (AvgIpc) is 3.01. The minimum absolute atomic E-state index is 0.511. The van der Waals surface area contributed by atoms with Crippen LogP contribution in [0.15, 0.2) is 12.4 Å². The van der Waals surface area contributed by atoms with Gasteiger partial charge in [0.05, 0.1) is 5.39 Å². The highest BCUT2D eigenvalue weighted by atomic mass is 32.1. The molecule has 19 heavy (non-hydrogen) atoms. The summed E-state index contributed by atoms with van der Waals surface area (Å²) in [6, 6.07) is 2.76. The van der Waals surface area contributed by atoms with Gasteiger partial charge >= 0.3 is 0 Å². The second kappa shape index (κ2) is 5.06. The van der Waals surface area contributed by atoms with Crippen molar-refractivity contribution in [2.24, 2.45) is 11.7 Å². The van der Waals surface area contributed by atoms with E-state index in [1.165, 1.54) is 10.3 Å². The number of anilines is 1. The van der Waals surface area contributed by atoms with Crippen LogP contribution in [0, 0.1) is 5.92 Å². The molecule has 3 heterocycles. The maximum Gasteiger partial charge on any atom is 0.141 e. The first-order valence-corrected chi connectivity index (χ1v) is 7.74. The molecule has 0 spiro atoms. The summed E-state index contributed by atoms with van der Waals surface area (Å²) in [5, 5.41) is 1.20. The standard InChI is InChI=1S/C14H20N4S/c1-3-11-5-12-13(16-8-17-14(12)19-11)18-7-10(6-15)4-9(18)2/h5,8-10H,3-4,6-7,15H2,1-2H3. The molecule has 2 atom stereocenters. The largest absolute Gasteiger partial charge is 0.353 e.